The lowest BCUT2D eigenvalue weighted by Crippen LogP contribution is -2.41. The molecule has 1 aliphatic heterocycles. The predicted octanol–water partition coefficient (Wildman–Crippen LogP) is 3.78. The molecule has 1 aliphatic carbocycles. The molecule has 1 heterocycles. The molecule has 1 atom stereocenters. The van der Waals surface area contributed by atoms with E-state index in [4.69, 9.17) is 23.2 Å². The zero-order chi connectivity index (χ0) is 14.2. The molecule has 1 aromatic rings. The van der Waals surface area contributed by atoms with Crippen LogP contribution < -0.4 is 5.32 Å². The van der Waals surface area contributed by atoms with E-state index in [-0.39, 0.29) is 11.5 Å². The number of hydrogen-bond donors (Lipinski definition) is 2. The van der Waals surface area contributed by atoms with Gasteiger partial charge in [0.15, 0.2) is 0 Å². The van der Waals surface area contributed by atoms with Crippen molar-refractivity contribution in [3.8, 4) is 0 Å². The number of hydrogen-bond acceptors (Lipinski definition) is 2. The van der Waals surface area contributed by atoms with Crippen LogP contribution in [0.5, 0.6) is 0 Å². The van der Waals surface area contributed by atoms with Crippen molar-refractivity contribution in [1.82, 2.24) is 5.32 Å². The van der Waals surface area contributed by atoms with Gasteiger partial charge in [-0.05, 0) is 74.2 Å². The van der Waals surface area contributed by atoms with E-state index in [2.05, 4.69) is 11.4 Å². The Bertz CT molecular complexity index is 477. The normalized spacial score (nSPS) is 34.4. The summed E-state index contributed by atoms with van der Waals surface area (Å²) in [5.41, 5.74) is 1.45. The van der Waals surface area contributed by atoms with E-state index in [1.807, 2.05) is 12.1 Å². The first-order valence-corrected chi connectivity index (χ1v) is 8.22. The van der Waals surface area contributed by atoms with Crippen LogP contribution >= 0.6 is 23.2 Å². The Hall–Kier alpha value is -0.280. The summed E-state index contributed by atoms with van der Waals surface area (Å²) >= 11 is 12.3. The van der Waals surface area contributed by atoms with E-state index in [1.54, 1.807) is 0 Å². The van der Waals surface area contributed by atoms with Crippen LogP contribution in [0.15, 0.2) is 18.2 Å². The molecule has 0 spiro atoms. The highest BCUT2D eigenvalue weighted by Gasteiger charge is 2.43. The van der Waals surface area contributed by atoms with Gasteiger partial charge in [0, 0.05) is 0 Å². The number of rotatable bonds is 2. The molecule has 2 nitrogen and oxygen atoms in total. The van der Waals surface area contributed by atoms with E-state index < -0.39 is 0 Å². The molecule has 0 amide bonds. The fourth-order valence-electron chi connectivity index (χ4n) is 3.98. The highest BCUT2D eigenvalue weighted by molar-refractivity contribution is 6.42. The fourth-order valence-corrected chi connectivity index (χ4v) is 4.28. The lowest BCUT2D eigenvalue weighted by molar-refractivity contribution is 0.0745. The lowest BCUT2D eigenvalue weighted by Gasteiger charge is -2.44. The average molecular weight is 314 g/mol. The van der Waals surface area contributed by atoms with Crippen molar-refractivity contribution in [2.75, 3.05) is 13.1 Å². The fraction of sp³-hybridized carbons (Fsp3) is 0.625. The van der Waals surface area contributed by atoms with Crippen molar-refractivity contribution in [2.24, 2.45) is 5.92 Å². The molecular formula is C16H21Cl2NO. The topological polar surface area (TPSA) is 32.3 Å². The average Bonchev–Trinajstić information content (AvgIpc) is 2.98. The van der Waals surface area contributed by atoms with Crippen molar-refractivity contribution in [3.63, 3.8) is 0 Å². The van der Waals surface area contributed by atoms with Crippen molar-refractivity contribution >= 4 is 23.2 Å². The zero-order valence-corrected chi connectivity index (χ0v) is 13.1. The van der Waals surface area contributed by atoms with Gasteiger partial charge < -0.3 is 10.4 Å². The van der Waals surface area contributed by atoms with Crippen molar-refractivity contribution in [1.29, 1.82) is 0 Å². The van der Waals surface area contributed by atoms with Crippen LogP contribution in [0.4, 0.5) is 0 Å². The number of aliphatic hydroxyl groups excluding tert-OH is 1. The van der Waals surface area contributed by atoms with Crippen LogP contribution in [0.1, 0.15) is 37.7 Å². The van der Waals surface area contributed by atoms with Crippen LogP contribution in [0.2, 0.25) is 10.0 Å². The highest BCUT2D eigenvalue weighted by atomic mass is 35.5. The van der Waals surface area contributed by atoms with Gasteiger partial charge in [0.1, 0.15) is 0 Å². The number of benzene rings is 1. The summed E-state index contributed by atoms with van der Waals surface area (Å²) in [6, 6.07) is 6.08. The van der Waals surface area contributed by atoms with Crippen molar-refractivity contribution < 1.29 is 5.11 Å². The first kappa shape index (κ1) is 14.6. The molecule has 3 rings (SSSR count). The minimum absolute atomic E-state index is 0.139. The summed E-state index contributed by atoms with van der Waals surface area (Å²) < 4.78 is 0. The standard InChI is InChI=1S/C16H21Cl2NO/c17-14-2-1-11(9-15(14)18)16(12-5-8-19-10-12)6-3-13(20)4-7-16/h1-2,9,12-13,19-20H,3-8,10H2/t12?,13-,16+. The predicted molar refractivity (Wildman–Crippen MR) is 83.6 cm³/mol. The molecule has 0 radical (unpaired) electrons. The molecule has 20 heavy (non-hydrogen) atoms. The van der Waals surface area contributed by atoms with Crippen LogP contribution in [-0.4, -0.2) is 24.3 Å². The maximum Gasteiger partial charge on any atom is 0.0595 e. The molecule has 0 aromatic heterocycles. The minimum Gasteiger partial charge on any atom is -0.393 e. The largest absolute Gasteiger partial charge is 0.393 e. The summed E-state index contributed by atoms with van der Waals surface area (Å²) in [5.74, 6) is 0.632. The van der Waals surface area contributed by atoms with Gasteiger partial charge in [0.05, 0.1) is 16.1 Å². The van der Waals surface area contributed by atoms with E-state index in [0.29, 0.717) is 16.0 Å². The van der Waals surface area contributed by atoms with Crippen LogP contribution in [0.25, 0.3) is 0 Å². The molecule has 2 aliphatic rings. The molecule has 1 unspecified atom stereocenters. The van der Waals surface area contributed by atoms with Gasteiger partial charge in [-0.1, -0.05) is 29.3 Å². The van der Waals surface area contributed by atoms with E-state index in [9.17, 15) is 5.11 Å². The Kier molecular flexibility index (Phi) is 4.28. The first-order chi connectivity index (χ1) is 9.62. The Morgan fingerprint density at radius 2 is 1.85 bits per heavy atom. The molecular weight excluding hydrogens is 293 g/mol. The van der Waals surface area contributed by atoms with Gasteiger partial charge in [-0.3, -0.25) is 0 Å². The Balaban J connectivity index is 1.97. The second-order valence-corrected chi connectivity index (χ2v) is 7.02. The molecule has 1 aromatic carbocycles. The Morgan fingerprint density at radius 3 is 2.45 bits per heavy atom. The molecule has 1 saturated carbocycles. The molecule has 1 saturated heterocycles. The lowest BCUT2D eigenvalue weighted by atomic mass is 9.61. The van der Waals surface area contributed by atoms with Gasteiger partial charge in [0.2, 0.25) is 0 Å². The highest BCUT2D eigenvalue weighted by Crippen LogP contribution is 2.48. The maximum atomic E-state index is 9.87. The van der Waals surface area contributed by atoms with Crippen molar-refractivity contribution in [3.05, 3.63) is 33.8 Å². The number of nitrogens with one attached hydrogen (secondary N) is 1. The van der Waals surface area contributed by atoms with Crippen LogP contribution in [0.3, 0.4) is 0 Å². The summed E-state index contributed by atoms with van der Waals surface area (Å²) in [6.07, 6.45) is 4.92. The monoisotopic (exact) mass is 313 g/mol. The second kappa shape index (κ2) is 5.84. The summed E-state index contributed by atoms with van der Waals surface area (Å²) in [6.45, 7) is 2.16. The zero-order valence-electron chi connectivity index (χ0n) is 11.5. The molecule has 4 heteroatoms. The van der Waals surface area contributed by atoms with Gasteiger partial charge in [0.25, 0.3) is 0 Å². The molecule has 0 bridgehead atoms. The van der Waals surface area contributed by atoms with E-state index in [1.165, 1.54) is 12.0 Å². The Morgan fingerprint density at radius 1 is 1.10 bits per heavy atom. The maximum absolute atomic E-state index is 9.87. The SMILES string of the molecule is O[C@H]1CC[C@@](c2ccc(Cl)c(Cl)c2)(C2CCNC2)CC1. The molecule has 2 fully saturated rings. The van der Waals surface area contributed by atoms with Crippen LogP contribution in [0, 0.1) is 5.92 Å². The van der Waals surface area contributed by atoms with Gasteiger partial charge in [-0.15, -0.1) is 0 Å². The van der Waals surface area contributed by atoms with E-state index >= 15 is 0 Å². The third kappa shape index (κ3) is 2.59. The van der Waals surface area contributed by atoms with Gasteiger partial charge in [-0.2, -0.15) is 0 Å². The minimum atomic E-state index is -0.139. The third-order valence-corrected chi connectivity index (χ3v) is 5.92. The first-order valence-electron chi connectivity index (χ1n) is 7.46. The van der Waals surface area contributed by atoms with Crippen LogP contribution in [-0.2, 0) is 5.41 Å². The smallest absolute Gasteiger partial charge is 0.0595 e. The third-order valence-electron chi connectivity index (χ3n) is 5.18. The number of aliphatic hydroxyl groups is 1. The number of halogens is 2. The summed E-state index contributed by atoms with van der Waals surface area (Å²) in [7, 11) is 0. The Labute approximate surface area is 130 Å². The molecule has 2 N–H and O–H groups in total. The van der Waals surface area contributed by atoms with E-state index in [0.717, 1.165) is 38.8 Å². The summed E-state index contributed by atoms with van der Waals surface area (Å²) in [4.78, 5) is 0. The van der Waals surface area contributed by atoms with Gasteiger partial charge >= 0.3 is 0 Å². The van der Waals surface area contributed by atoms with Crippen molar-refractivity contribution in [2.45, 2.75) is 43.6 Å². The summed E-state index contributed by atoms with van der Waals surface area (Å²) in [5, 5.41) is 14.6. The second-order valence-electron chi connectivity index (χ2n) is 6.21. The quantitative estimate of drug-likeness (QED) is 0.871. The van der Waals surface area contributed by atoms with Gasteiger partial charge in [-0.25, -0.2) is 0 Å². The molecule has 110 valence electrons.